The molecule has 0 unspecified atom stereocenters. The van der Waals surface area contributed by atoms with E-state index in [9.17, 15) is 9.59 Å². The Balaban J connectivity index is 3.10. The van der Waals surface area contributed by atoms with Crippen molar-refractivity contribution in [2.75, 3.05) is 6.67 Å². The van der Waals surface area contributed by atoms with Gasteiger partial charge in [0.2, 0.25) is 11.8 Å². The molecule has 0 bridgehead atoms. The number of carbonyl (C=O) groups excluding carboxylic acids is 2. The molecule has 0 rings (SSSR count). The summed E-state index contributed by atoms with van der Waals surface area (Å²) in [7, 11) is 0. The molecule has 0 saturated heterocycles. The Bertz CT molecular complexity index is 108. The summed E-state index contributed by atoms with van der Waals surface area (Å²) in [5, 5.41) is 4.81. The Morgan fingerprint density at radius 3 is 1.67 bits per heavy atom. The van der Waals surface area contributed by atoms with Gasteiger partial charge in [0.05, 0.1) is 6.67 Å². The van der Waals surface area contributed by atoms with E-state index in [0.717, 1.165) is 0 Å². The van der Waals surface area contributed by atoms with Crippen LogP contribution >= 0.6 is 0 Å². The highest BCUT2D eigenvalue weighted by Crippen LogP contribution is 1.58. The van der Waals surface area contributed by atoms with E-state index in [1.165, 1.54) is 13.8 Å². The Hall–Kier alpha value is -1.06. The number of hydrogen-bond acceptors (Lipinski definition) is 2. The second-order valence-corrected chi connectivity index (χ2v) is 1.64. The normalized spacial score (nSPS) is 8.22. The number of hydrogen-bond donors (Lipinski definition) is 2. The minimum Gasteiger partial charge on any atom is -0.339 e. The fraction of sp³-hybridized carbons (Fsp3) is 0.600. The third-order valence-electron chi connectivity index (χ3n) is 0.675. The minimum atomic E-state index is -0.149. The molecule has 0 fully saturated rings. The predicted octanol–water partition coefficient (Wildman–Crippen LogP) is -0.784. The van der Waals surface area contributed by atoms with Crippen molar-refractivity contribution in [1.29, 1.82) is 0 Å². The van der Waals surface area contributed by atoms with Gasteiger partial charge in [-0.25, -0.2) is 0 Å². The van der Waals surface area contributed by atoms with Gasteiger partial charge in [-0.2, -0.15) is 0 Å². The van der Waals surface area contributed by atoms with Gasteiger partial charge in [0.15, 0.2) is 0 Å². The van der Waals surface area contributed by atoms with E-state index in [-0.39, 0.29) is 18.5 Å². The molecule has 0 aromatic heterocycles. The quantitative estimate of drug-likeness (QED) is 0.481. The lowest BCUT2D eigenvalue weighted by atomic mass is 10.7. The van der Waals surface area contributed by atoms with Crippen LogP contribution in [0, 0.1) is 0 Å². The van der Waals surface area contributed by atoms with Crippen LogP contribution in [-0.4, -0.2) is 18.5 Å². The zero-order valence-corrected chi connectivity index (χ0v) is 5.52. The molecule has 4 nitrogen and oxygen atoms in total. The van der Waals surface area contributed by atoms with E-state index in [2.05, 4.69) is 10.6 Å². The Morgan fingerprint density at radius 2 is 1.44 bits per heavy atom. The molecule has 2 amide bonds. The third-order valence-corrected chi connectivity index (χ3v) is 0.675. The monoisotopic (exact) mass is 130 g/mol. The van der Waals surface area contributed by atoms with Gasteiger partial charge >= 0.3 is 0 Å². The van der Waals surface area contributed by atoms with E-state index in [1.54, 1.807) is 0 Å². The van der Waals surface area contributed by atoms with Gasteiger partial charge in [0.1, 0.15) is 0 Å². The summed E-state index contributed by atoms with van der Waals surface area (Å²) in [6, 6.07) is 0. The summed E-state index contributed by atoms with van der Waals surface area (Å²) in [5.41, 5.74) is 0. The molecule has 0 atom stereocenters. The Kier molecular flexibility index (Phi) is 3.43. The average molecular weight is 130 g/mol. The lowest BCUT2D eigenvalue weighted by Gasteiger charge is -2.00. The molecule has 2 N–H and O–H groups in total. The highest BCUT2D eigenvalue weighted by atomic mass is 16.2. The van der Waals surface area contributed by atoms with Crippen LogP contribution in [0.2, 0.25) is 0 Å². The van der Waals surface area contributed by atoms with E-state index in [0.29, 0.717) is 0 Å². The maximum Gasteiger partial charge on any atom is 0.218 e. The van der Waals surface area contributed by atoms with Crippen LogP contribution in [-0.2, 0) is 9.59 Å². The largest absolute Gasteiger partial charge is 0.339 e. The minimum absolute atomic E-state index is 0.149. The third kappa shape index (κ3) is 6.94. The molecular weight excluding hydrogens is 120 g/mol. The number of rotatable bonds is 2. The zero-order valence-electron chi connectivity index (χ0n) is 5.52. The van der Waals surface area contributed by atoms with Crippen LogP contribution in [0.15, 0.2) is 0 Å². The smallest absolute Gasteiger partial charge is 0.218 e. The maximum atomic E-state index is 10.2. The SMILES string of the molecule is CC(=O)NCNC(C)=O. The van der Waals surface area contributed by atoms with Crippen molar-refractivity contribution < 1.29 is 9.59 Å². The van der Waals surface area contributed by atoms with Gasteiger partial charge in [0.25, 0.3) is 0 Å². The van der Waals surface area contributed by atoms with E-state index in [4.69, 9.17) is 0 Å². The van der Waals surface area contributed by atoms with E-state index in [1.807, 2.05) is 0 Å². The van der Waals surface area contributed by atoms with Crippen molar-refractivity contribution in [2.24, 2.45) is 0 Å². The van der Waals surface area contributed by atoms with Crippen LogP contribution in [0.25, 0.3) is 0 Å². The topological polar surface area (TPSA) is 58.2 Å². The average Bonchev–Trinajstić information content (AvgIpc) is 1.63. The van der Waals surface area contributed by atoms with Gasteiger partial charge < -0.3 is 10.6 Å². The van der Waals surface area contributed by atoms with E-state index >= 15 is 0 Å². The number of amides is 2. The lowest BCUT2D eigenvalue weighted by molar-refractivity contribution is -0.120. The summed E-state index contributed by atoms with van der Waals surface area (Å²) in [5.74, 6) is -0.299. The van der Waals surface area contributed by atoms with Gasteiger partial charge in [-0.3, -0.25) is 9.59 Å². The summed E-state index contributed by atoms with van der Waals surface area (Å²) < 4.78 is 0. The van der Waals surface area contributed by atoms with Crippen molar-refractivity contribution in [1.82, 2.24) is 10.6 Å². The highest BCUT2D eigenvalue weighted by molar-refractivity contribution is 5.75. The first kappa shape index (κ1) is 7.94. The molecular formula is C5H10N2O2. The first-order valence-electron chi connectivity index (χ1n) is 2.62. The van der Waals surface area contributed by atoms with Gasteiger partial charge in [-0.05, 0) is 0 Å². The second-order valence-electron chi connectivity index (χ2n) is 1.64. The summed E-state index contributed by atoms with van der Waals surface area (Å²) in [4.78, 5) is 20.3. The van der Waals surface area contributed by atoms with Crippen molar-refractivity contribution in [3.63, 3.8) is 0 Å². The molecule has 9 heavy (non-hydrogen) atoms. The maximum absolute atomic E-state index is 10.2. The molecule has 0 aliphatic carbocycles. The first-order chi connectivity index (χ1) is 4.13. The molecule has 4 heteroatoms. The molecule has 0 heterocycles. The van der Waals surface area contributed by atoms with Gasteiger partial charge in [-0.1, -0.05) is 0 Å². The number of nitrogens with one attached hydrogen (secondary N) is 2. The van der Waals surface area contributed by atoms with Crippen LogP contribution in [0.3, 0.4) is 0 Å². The van der Waals surface area contributed by atoms with Gasteiger partial charge in [0, 0.05) is 13.8 Å². The number of carbonyl (C=O) groups is 2. The molecule has 0 aliphatic heterocycles. The van der Waals surface area contributed by atoms with Gasteiger partial charge in [-0.15, -0.1) is 0 Å². The van der Waals surface area contributed by atoms with E-state index < -0.39 is 0 Å². The van der Waals surface area contributed by atoms with Crippen LogP contribution in [0.5, 0.6) is 0 Å². The first-order valence-corrected chi connectivity index (χ1v) is 2.62. The van der Waals surface area contributed by atoms with Crippen molar-refractivity contribution in [3.05, 3.63) is 0 Å². The van der Waals surface area contributed by atoms with Crippen LogP contribution in [0.1, 0.15) is 13.8 Å². The van der Waals surface area contributed by atoms with Crippen molar-refractivity contribution >= 4 is 11.8 Å². The van der Waals surface area contributed by atoms with Crippen molar-refractivity contribution in [2.45, 2.75) is 13.8 Å². The summed E-state index contributed by atoms with van der Waals surface area (Å²) in [6.07, 6.45) is 0. The summed E-state index contributed by atoms with van der Waals surface area (Å²) in [6.45, 7) is 2.99. The molecule has 0 aliphatic rings. The molecule has 0 saturated carbocycles. The fourth-order valence-electron chi connectivity index (χ4n) is 0.293. The fourth-order valence-corrected chi connectivity index (χ4v) is 0.293. The Morgan fingerprint density at radius 1 is 1.11 bits per heavy atom. The molecule has 0 aromatic carbocycles. The molecule has 0 spiro atoms. The van der Waals surface area contributed by atoms with Crippen molar-refractivity contribution in [3.8, 4) is 0 Å². The zero-order chi connectivity index (χ0) is 7.28. The molecule has 0 aromatic rings. The standard InChI is InChI=1S/C5H10N2O2/c1-4(8)6-3-7-5(2)9/h3H2,1-2H3,(H,6,8)(H,7,9). The van der Waals surface area contributed by atoms with Crippen LogP contribution in [0.4, 0.5) is 0 Å². The summed E-state index contributed by atoms with van der Waals surface area (Å²) >= 11 is 0. The Labute approximate surface area is 53.6 Å². The molecule has 0 radical (unpaired) electrons. The predicted molar refractivity (Wildman–Crippen MR) is 32.5 cm³/mol. The lowest BCUT2D eigenvalue weighted by Crippen LogP contribution is -2.34. The second kappa shape index (κ2) is 3.88. The highest BCUT2D eigenvalue weighted by Gasteiger charge is 1.89. The van der Waals surface area contributed by atoms with Crippen LogP contribution < -0.4 is 10.6 Å². The molecule has 52 valence electrons.